The molecule has 0 aromatic heterocycles. The van der Waals surface area contributed by atoms with E-state index in [2.05, 4.69) is 15.9 Å². The quantitative estimate of drug-likeness (QED) is 0.456. The van der Waals surface area contributed by atoms with Crippen LogP contribution in [0.1, 0.15) is 16.7 Å². The van der Waals surface area contributed by atoms with E-state index in [0.717, 1.165) is 0 Å². The summed E-state index contributed by atoms with van der Waals surface area (Å²) in [6.07, 6.45) is 0. The van der Waals surface area contributed by atoms with Crippen molar-refractivity contribution in [1.29, 1.82) is 0 Å². The summed E-state index contributed by atoms with van der Waals surface area (Å²) in [5, 5.41) is 11.6. The topological polar surface area (TPSA) is 80.5 Å². The highest BCUT2D eigenvalue weighted by atomic mass is 79.9. The van der Waals surface area contributed by atoms with Gasteiger partial charge in [0.05, 0.1) is 9.82 Å². The molecule has 112 valence electrons. The first-order chi connectivity index (χ1) is 9.14. The van der Waals surface area contributed by atoms with E-state index in [-0.39, 0.29) is 16.1 Å². The second-order valence-electron chi connectivity index (χ2n) is 4.59. The summed E-state index contributed by atoms with van der Waals surface area (Å²) in [7, 11) is -2.28. The first-order valence-corrected chi connectivity index (χ1v) is 8.48. The Bertz CT molecular complexity index is 643. The third-order valence-corrected chi connectivity index (χ3v) is 5.61. The van der Waals surface area contributed by atoms with Gasteiger partial charge in [-0.25, -0.2) is 12.7 Å². The molecule has 0 saturated heterocycles. The summed E-state index contributed by atoms with van der Waals surface area (Å²) in [6, 6.07) is 1.54. The van der Waals surface area contributed by atoms with Crippen molar-refractivity contribution in [2.75, 3.05) is 18.9 Å². The van der Waals surface area contributed by atoms with E-state index < -0.39 is 14.9 Å². The molecule has 0 atom stereocenters. The fourth-order valence-electron chi connectivity index (χ4n) is 2.23. The summed E-state index contributed by atoms with van der Waals surface area (Å²) < 4.78 is 26.3. The highest BCUT2D eigenvalue weighted by Crippen LogP contribution is 2.32. The van der Waals surface area contributed by atoms with Crippen molar-refractivity contribution in [3.05, 3.63) is 32.9 Å². The van der Waals surface area contributed by atoms with Gasteiger partial charge >= 0.3 is 0 Å². The number of nitro groups is 1. The van der Waals surface area contributed by atoms with Crippen LogP contribution in [0.5, 0.6) is 0 Å². The Labute approximate surface area is 127 Å². The molecule has 0 saturated carbocycles. The molecular weight excluding hydrogens is 348 g/mol. The number of nitro benzene ring substituents is 1. The van der Waals surface area contributed by atoms with Gasteiger partial charge in [-0.1, -0.05) is 15.9 Å². The molecule has 8 heteroatoms. The number of aryl methyl sites for hydroxylation is 2. The lowest BCUT2D eigenvalue weighted by molar-refractivity contribution is -0.386. The summed E-state index contributed by atoms with van der Waals surface area (Å²) in [5.74, 6) is 0. The van der Waals surface area contributed by atoms with Gasteiger partial charge in [0, 0.05) is 30.0 Å². The van der Waals surface area contributed by atoms with Crippen molar-refractivity contribution in [2.24, 2.45) is 0 Å². The minimum Gasteiger partial charge on any atom is -0.258 e. The number of hydrogen-bond acceptors (Lipinski definition) is 4. The van der Waals surface area contributed by atoms with Crippen molar-refractivity contribution < 1.29 is 13.3 Å². The number of sulfonamides is 1. The van der Waals surface area contributed by atoms with Crippen LogP contribution in [0.4, 0.5) is 5.69 Å². The monoisotopic (exact) mass is 364 g/mol. The molecule has 1 aromatic carbocycles. The van der Waals surface area contributed by atoms with Gasteiger partial charge in [0.1, 0.15) is 0 Å². The third kappa shape index (κ3) is 3.02. The zero-order chi connectivity index (χ0) is 15.7. The normalized spacial score (nSPS) is 11.9. The molecule has 0 aliphatic heterocycles. The number of rotatable bonds is 5. The second-order valence-corrected chi connectivity index (χ2v) is 7.36. The van der Waals surface area contributed by atoms with Gasteiger partial charge in [0.15, 0.2) is 0 Å². The first kappa shape index (κ1) is 17.1. The van der Waals surface area contributed by atoms with E-state index in [9.17, 15) is 18.5 Å². The lowest BCUT2D eigenvalue weighted by Crippen LogP contribution is -2.30. The minimum atomic E-state index is -3.74. The van der Waals surface area contributed by atoms with Gasteiger partial charge in [-0.05, 0) is 32.4 Å². The molecule has 0 bridgehead atoms. The maximum absolute atomic E-state index is 12.5. The predicted octanol–water partition coefficient (Wildman–Crippen LogP) is 2.54. The van der Waals surface area contributed by atoms with E-state index >= 15 is 0 Å². The Morgan fingerprint density at radius 1 is 1.30 bits per heavy atom. The molecule has 20 heavy (non-hydrogen) atoms. The molecule has 0 N–H and O–H groups in total. The van der Waals surface area contributed by atoms with Crippen molar-refractivity contribution in [1.82, 2.24) is 4.31 Å². The molecule has 1 aromatic rings. The molecule has 0 radical (unpaired) electrons. The van der Waals surface area contributed by atoms with Crippen LogP contribution < -0.4 is 0 Å². The molecule has 0 heterocycles. The van der Waals surface area contributed by atoms with Crippen LogP contribution >= 0.6 is 15.9 Å². The molecular formula is C12H17BrN2O4S. The Kier molecular flexibility index (Phi) is 5.28. The van der Waals surface area contributed by atoms with Crippen LogP contribution in [0.3, 0.4) is 0 Å². The standard InChI is InChI=1S/C12H17BrN2O4S/c1-8-7-9(2)12(10(3)11(8)15(16)17)20(18,19)14(4)6-5-13/h7H,5-6H2,1-4H3. The van der Waals surface area contributed by atoms with Gasteiger partial charge in [0.2, 0.25) is 10.0 Å². The van der Waals surface area contributed by atoms with Crippen LogP contribution in [0.15, 0.2) is 11.0 Å². The van der Waals surface area contributed by atoms with Gasteiger partial charge in [-0.15, -0.1) is 0 Å². The van der Waals surface area contributed by atoms with Gasteiger partial charge in [0.25, 0.3) is 5.69 Å². The van der Waals surface area contributed by atoms with Crippen LogP contribution in [-0.2, 0) is 10.0 Å². The lowest BCUT2D eigenvalue weighted by atomic mass is 10.1. The molecule has 0 fully saturated rings. The van der Waals surface area contributed by atoms with Crippen LogP contribution in [0.2, 0.25) is 0 Å². The fourth-order valence-corrected chi connectivity index (χ4v) is 4.59. The molecule has 0 spiro atoms. The SMILES string of the molecule is Cc1cc(C)c(S(=O)(=O)N(C)CCBr)c(C)c1[N+](=O)[O-]. The van der Waals surface area contributed by atoms with Crippen molar-refractivity contribution in [2.45, 2.75) is 25.7 Å². The zero-order valence-corrected chi connectivity index (χ0v) is 14.2. The number of hydrogen-bond donors (Lipinski definition) is 0. The van der Waals surface area contributed by atoms with E-state index in [0.29, 0.717) is 23.0 Å². The number of halogens is 1. The summed E-state index contributed by atoms with van der Waals surface area (Å²) in [6.45, 7) is 5.03. The predicted molar refractivity (Wildman–Crippen MR) is 80.9 cm³/mol. The Hall–Kier alpha value is -0.990. The third-order valence-electron chi connectivity index (χ3n) is 3.11. The van der Waals surface area contributed by atoms with E-state index in [4.69, 9.17) is 0 Å². The molecule has 0 aliphatic carbocycles. The Morgan fingerprint density at radius 2 is 1.85 bits per heavy atom. The molecule has 0 aliphatic rings. The summed E-state index contributed by atoms with van der Waals surface area (Å²) in [4.78, 5) is 10.6. The molecule has 0 unspecified atom stereocenters. The Morgan fingerprint density at radius 3 is 2.30 bits per heavy atom. The maximum Gasteiger partial charge on any atom is 0.276 e. The largest absolute Gasteiger partial charge is 0.276 e. The number of benzene rings is 1. The summed E-state index contributed by atoms with van der Waals surface area (Å²) in [5.41, 5.74) is 1.04. The average Bonchev–Trinajstić information content (AvgIpc) is 2.26. The lowest BCUT2D eigenvalue weighted by Gasteiger charge is -2.19. The maximum atomic E-state index is 12.5. The summed E-state index contributed by atoms with van der Waals surface area (Å²) >= 11 is 3.19. The number of nitrogens with zero attached hydrogens (tertiary/aromatic N) is 2. The van der Waals surface area contributed by atoms with Crippen LogP contribution in [0, 0.1) is 30.9 Å². The van der Waals surface area contributed by atoms with E-state index in [1.807, 2.05) is 0 Å². The van der Waals surface area contributed by atoms with Crippen LogP contribution in [-0.4, -0.2) is 36.6 Å². The molecule has 6 nitrogen and oxygen atoms in total. The minimum absolute atomic E-state index is 0.0262. The first-order valence-electron chi connectivity index (χ1n) is 5.92. The number of alkyl halides is 1. The highest BCUT2D eigenvalue weighted by molar-refractivity contribution is 9.09. The van der Waals surface area contributed by atoms with Crippen molar-refractivity contribution >= 4 is 31.6 Å². The Balaban J connectivity index is 3.62. The second kappa shape index (κ2) is 6.19. The van der Waals surface area contributed by atoms with Gasteiger partial charge in [-0.2, -0.15) is 0 Å². The van der Waals surface area contributed by atoms with Gasteiger partial charge < -0.3 is 0 Å². The van der Waals surface area contributed by atoms with Crippen molar-refractivity contribution in [3.8, 4) is 0 Å². The van der Waals surface area contributed by atoms with Crippen LogP contribution in [0.25, 0.3) is 0 Å². The fraction of sp³-hybridized carbons (Fsp3) is 0.500. The smallest absolute Gasteiger partial charge is 0.258 e. The molecule has 1 rings (SSSR count). The van der Waals surface area contributed by atoms with E-state index in [1.165, 1.54) is 18.3 Å². The van der Waals surface area contributed by atoms with Gasteiger partial charge in [-0.3, -0.25) is 10.1 Å². The average molecular weight is 365 g/mol. The highest BCUT2D eigenvalue weighted by Gasteiger charge is 2.30. The van der Waals surface area contributed by atoms with Crippen molar-refractivity contribution in [3.63, 3.8) is 0 Å². The molecule has 0 amide bonds. The zero-order valence-electron chi connectivity index (χ0n) is 11.8. The van der Waals surface area contributed by atoms with E-state index in [1.54, 1.807) is 19.9 Å².